The van der Waals surface area contributed by atoms with Gasteiger partial charge in [-0.2, -0.15) is 0 Å². The highest BCUT2D eigenvalue weighted by Crippen LogP contribution is 2.41. The lowest BCUT2D eigenvalue weighted by molar-refractivity contribution is 0.0640. The minimum atomic E-state index is -3.81. The molecule has 0 aliphatic heterocycles. The molecule has 0 saturated carbocycles. The molecule has 10 nitrogen and oxygen atoms in total. The van der Waals surface area contributed by atoms with Gasteiger partial charge in [0.05, 0.1) is 31.2 Å². The molecule has 0 atom stereocenters. The molecular formula is C22H23BrN2O8S. The Labute approximate surface area is 204 Å². The van der Waals surface area contributed by atoms with E-state index >= 15 is 0 Å². The molecule has 12 heteroatoms. The highest BCUT2D eigenvalue weighted by molar-refractivity contribution is 9.10. The van der Waals surface area contributed by atoms with Crippen molar-refractivity contribution in [3.8, 4) is 17.1 Å². The maximum absolute atomic E-state index is 12.8. The second kappa shape index (κ2) is 10.0. The Kier molecular flexibility index (Phi) is 7.54. The second-order valence-corrected chi connectivity index (χ2v) is 10.4. The molecule has 2 aromatic carbocycles. The average Bonchev–Trinajstić information content (AvgIpc) is 3.08. The number of nitrogens with zero attached hydrogens (tertiary/aromatic N) is 1. The summed E-state index contributed by atoms with van der Waals surface area (Å²) in [5.74, 6) is -0.824. The van der Waals surface area contributed by atoms with Crippen LogP contribution in [0.1, 0.15) is 24.2 Å². The van der Waals surface area contributed by atoms with E-state index in [-0.39, 0.29) is 46.4 Å². The van der Waals surface area contributed by atoms with Crippen molar-refractivity contribution in [1.29, 1.82) is 0 Å². The van der Waals surface area contributed by atoms with E-state index in [0.717, 1.165) is 15.0 Å². The number of fused-ring (bicyclic) bond motifs is 1. The number of anilines is 1. The van der Waals surface area contributed by atoms with Crippen LogP contribution in [-0.4, -0.2) is 51.1 Å². The standard InChI is InChI=1S/C22H23BrN2O8S/c1-12(2)31-18-10-15-17(11-16(18)25(8-9-26)34(3,29)30)32-20(13-4-6-14(23)7-5-13)19(15)21(27)33-22(24)28/h4-7,10-12,26H,8-9H2,1-3H3,(H2,24,28). The number of amides is 1. The number of rotatable bonds is 8. The average molecular weight is 555 g/mol. The van der Waals surface area contributed by atoms with Crippen molar-refractivity contribution in [2.45, 2.75) is 20.0 Å². The monoisotopic (exact) mass is 554 g/mol. The van der Waals surface area contributed by atoms with Gasteiger partial charge in [-0.25, -0.2) is 18.0 Å². The van der Waals surface area contributed by atoms with Crippen LogP contribution in [-0.2, 0) is 14.8 Å². The number of ether oxygens (including phenoxy) is 2. The van der Waals surface area contributed by atoms with Crippen LogP contribution in [0.25, 0.3) is 22.3 Å². The van der Waals surface area contributed by atoms with Crippen molar-refractivity contribution < 1.29 is 37.0 Å². The fourth-order valence-corrected chi connectivity index (χ4v) is 4.54. The van der Waals surface area contributed by atoms with Crippen molar-refractivity contribution >= 4 is 54.7 Å². The zero-order valence-electron chi connectivity index (χ0n) is 18.6. The third kappa shape index (κ3) is 5.51. The SMILES string of the molecule is CC(C)Oc1cc2c(C(=O)OC(N)=O)c(-c3ccc(Br)cc3)oc2cc1N(CCO)S(C)(=O)=O. The van der Waals surface area contributed by atoms with E-state index in [1.54, 1.807) is 38.1 Å². The number of primary amides is 1. The number of aliphatic hydroxyl groups excluding tert-OH is 1. The number of esters is 1. The number of hydrogen-bond donors (Lipinski definition) is 2. The van der Waals surface area contributed by atoms with Crippen LogP contribution >= 0.6 is 15.9 Å². The lowest BCUT2D eigenvalue weighted by atomic mass is 10.0. The molecule has 0 aliphatic carbocycles. The van der Waals surface area contributed by atoms with Gasteiger partial charge in [0.2, 0.25) is 10.0 Å². The molecule has 1 amide bonds. The minimum Gasteiger partial charge on any atom is -0.489 e. The highest BCUT2D eigenvalue weighted by atomic mass is 79.9. The van der Waals surface area contributed by atoms with Crippen molar-refractivity contribution in [2.24, 2.45) is 5.73 Å². The first-order chi connectivity index (χ1) is 15.9. The molecule has 0 saturated heterocycles. The van der Waals surface area contributed by atoms with Crippen molar-refractivity contribution in [3.05, 3.63) is 46.4 Å². The predicted molar refractivity (Wildman–Crippen MR) is 129 cm³/mol. The highest BCUT2D eigenvalue weighted by Gasteiger charge is 2.29. The second-order valence-electron chi connectivity index (χ2n) is 7.56. The van der Waals surface area contributed by atoms with Crippen LogP contribution in [0.15, 0.2) is 45.3 Å². The summed E-state index contributed by atoms with van der Waals surface area (Å²) in [6, 6.07) is 9.67. The van der Waals surface area contributed by atoms with E-state index in [1.165, 1.54) is 12.1 Å². The molecule has 3 aromatic rings. The molecule has 1 heterocycles. The largest absolute Gasteiger partial charge is 0.489 e. The van der Waals surface area contributed by atoms with Gasteiger partial charge >= 0.3 is 12.1 Å². The van der Waals surface area contributed by atoms with Gasteiger partial charge < -0.3 is 24.7 Å². The summed E-state index contributed by atoms with van der Waals surface area (Å²) in [7, 11) is -3.81. The van der Waals surface area contributed by atoms with Crippen LogP contribution in [0.5, 0.6) is 5.75 Å². The minimum absolute atomic E-state index is 0.0793. The summed E-state index contributed by atoms with van der Waals surface area (Å²) in [5.41, 5.74) is 5.72. The van der Waals surface area contributed by atoms with Crippen LogP contribution in [0.3, 0.4) is 0 Å². The van der Waals surface area contributed by atoms with E-state index in [4.69, 9.17) is 14.9 Å². The van der Waals surface area contributed by atoms with Gasteiger partial charge in [-0.1, -0.05) is 28.1 Å². The molecule has 3 N–H and O–H groups in total. The number of aliphatic hydroxyl groups is 1. The number of carbonyl (C=O) groups is 2. The van der Waals surface area contributed by atoms with Gasteiger partial charge in [0, 0.05) is 21.5 Å². The van der Waals surface area contributed by atoms with Crippen LogP contribution in [0, 0.1) is 0 Å². The van der Waals surface area contributed by atoms with Crippen molar-refractivity contribution in [2.75, 3.05) is 23.7 Å². The lowest BCUT2D eigenvalue weighted by Gasteiger charge is -2.25. The normalized spacial score (nSPS) is 11.6. The van der Waals surface area contributed by atoms with Gasteiger partial charge in [0.1, 0.15) is 22.7 Å². The molecule has 0 fully saturated rings. The quantitative estimate of drug-likeness (QED) is 0.316. The number of hydrogen-bond acceptors (Lipinski definition) is 8. The summed E-state index contributed by atoms with van der Waals surface area (Å²) in [5, 5.41) is 9.67. The van der Waals surface area contributed by atoms with Crippen molar-refractivity contribution in [1.82, 2.24) is 0 Å². The Hall–Kier alpha value is -3.09. The Morgan fingerprint density at radius 2 is 1.85 bits per heavy atom. The van der Waals surface area contributed by atoms with E-state index in [1.807, 2.05) is 0 Å². The first-order valence-corrected chi connectivity index (χ1v) is 12.7. The van der Waals surface area contributed by atoms with Gasteiger partial charge in [-0.05, 0) is 32.0 Å². The molecular weight excluding hydrogens is 532 g/mol. The Balaban J connectivity index is 2.36. The van der Waals surface area contributed by atoms with Crippen LogP contribution in [0.2, 0.25) is 0 Å². The van der Waals surface area contributed by atoms with Gasteiger partial charge in [-0.3, -0.25) is 4.31 Å². The number of carbonyl (C=O) groups excluding carboxylic acids is 2. The van der Waals surface area contributed by atoms with Crippen LogP contribution in [0.4, 0.5) is 10.5 Å². The molecule has 1 aromatic heterocycles. The first-order valence-electron chi connectivity index (χ1n) is 10.1. The predicted octanol–water partition coefficient (Wildman–Crippen LogP) is 3.64. The summed E-state index contributed by atoms with van der Waals surface area (Å²) < 4.78 is 43.1. The molecule has 34 heavy (non-hydrogen) atoms. The third-order valence-corrected chi connectivity index (χ3v) is 6.32. The maximum atomic E-state index is 12.8. The Bertz CT molecular complexity index is 1330. The van der Waals surface area contributed by atoms with Gasteiger partial charge in [0.25, 0.3) is 0 Å². The number of benzene rings is 2. The third-order valence-electron chi connectivity index (χ3n) is 4.61. The number of halogens is 1. The molecule has 0 bridgehead atoms. The van der Waals surface area contributed by atoms with E-state index < -0.39 is 28.7 Å². The lowest BCUT2D eigenvalue weighted by Crippen LogP contribution is -2.33. The zero-order valence-corrected chi connectivity index (χ0v) is 21.0. The smallest absolute Gasteiger partial charge is 0.412 e. The fraction of sp³-hybridized carbons (Fsp3) is 0.273. The van der Waals surface area contributed by atoms with Crippen LogP contribution < -0.4 is 14.8 Å². The molecule has 182 valence electrons. The van der Waals surface area contributed by atoms with Crippen molar-refractivity contribution in [3.63, 3.8) is 0 Å². The summed E-state index contributed by atoms with van der Waals surface area (Å²) in [6.07, 6.45) is -0.648. The van der Waals surface area contributed by atoms with E-state index in [9.17, 15) is 23.1 Å². The Morgan fingerprint density at radius 1 is 1.21 bits per heavy atom. The molecule has 0 aliphatic rings. The molecule has 0 radical (unpaired) electrons. The fourth-order valence-electron chi connectivity index (χ4n) is 3.36. The molecule has 3 rings (SSSR count). The number of furan rings is 1. The summed E-state index contributed by atoms with van der Waals surface area (Å²) in [6.45, 7) is 2.83. The zero-order chi connectivity index (χ0) is 25.2. The van der Waals surface area contributed by atoms with E-state index in [0.29, 0.717) is 5.56 Å². The van der Waals surface area contributed by atoms with Gasteiger partial charge in [0.15, 0.2) is 0 Å². The topological polar surface area (TPSA) is 149 Å². The maximum Gasteiger partial charge on any atom is 0.412 e. The van der Waals surface area contributed by atoms with E-state index in [2.05, 4.69) is 20.7 Å². The Morgan fingerprint density at radius 3 is 2.38 bits per heavy atom. The molecule has 0 unspecified atom stereocenters. The first kappa shape index (κ1) is 25.5. The summed E-state index contributed by atoms with van der Waals surface area (Å²) in [4.78, 5) is 24.1. The summed E-state index contributed by atoms with van der Waals surface area (Å²) >= 11 is 3.34. The van der Waals surface area contributed by atoms with Gasteiger partial charge in [-0.15, -0.1) is 0 Å². The molecule has 0 spiro atoms. The number of nitrogens with two attached hydrogens (primary N) is 1. The number of sulfonamides is 1.